The minimum atomic E-state index is -1.05. The van der Waals surface area contributed by atoms with Crippen molar-refractivity contribution < 1.29 is 48.3 Å². The Morgan fingerprint density at radius 1 is 0.571 bits per heavy atom. The summed E-state index contributed by atoms with van der Waals surface area (Å²) in [5.41, 5.74) is 0. The molecule has 0 aliphatic carbocycles. The topological polar surface area (TPSA) is 176 Å². The number of amides is 2. The Bertz CT molecular complexity index is 715. The number of hydrogen-bond acceptors (Lipinski definition) is 10. The monoisotopic (exact) mass is 604 g/mol. The van der Waals surface area contributed by atoms with Gasteiger partial charge in [0.25, 0.3) is 0 Å². The first-order valence-electron chi connectivity index (χ1n) is 14.8. The van der Waals surface area contributed by atoms with Crippen molar-refractivity contribution in [3.05, 3.63) is 0 Å². The van der Waals surface area contributed by atoms with Gasteiger partial charge in [0, 0.05) is 26.2 Å². The van der Waals surface area contributed by atoms with Gasteiger partial charge in [0.15, 0.2) is 0 Å². The van der Waals surface area contributed by atoms with Crippen LogP contribution in [0, 0.1) is 11.8 Å². The van der Waals surface area contributed by atoms with Crippen molar-refractivity contribution in [3.63, 3.8) is 0 Å². The van der Waals surface area contributed by atoms with Gasteiger partial charge in [-0.25, -0.2) is 9.59 Å². The molecule has 0 bridgehead atoms. The van der Waals surface area contributed by atoms with E-state index in [1.165, 1.54) is 0 Å². The highest BCUT2D eigenvalue weighted by Crippen LogP contribution is 2.06. The Hall–Kier alpha value is -2.36. The fourth-order valence-corrected chi connectivity index (χ4v) is 4.23. The smallest absolute Gasteiger partial charge is 0.326 e. The van der Waals surface area contributed by atoms with Crippen molar-refractivity contribution >= 4 is 23.8 Å². The molecule has 244 valence electrons. The lowest BCUT2D eigenvalue weighted by Gasteiger charge is -2.24. The number of carboxylic acids is 2. The summed E-state index contributed by atoms with van der Waals surface area (Å²) >= 11 is 0. The van der Waals surface area contributed by atoms with E-state index in [-0.39, 0.29) is 36.7 Å². The first-order chi connectivity index (χ1) is 20.0. The molecule has 2 amide bonds. The van der Waals surface area contributed by atoms with E-state index in [1.807, 2.05) is 37.5 Å². The molecule has 1 fully saturated rings. The fraction of sp³-hybridized carbons (Fsp3) is 0.857. The number of carbonyl (C=O) groups is 4. The van der Waals surface area contributed by atoms with Crippen LogP contribution in [-0.4, -0.2) is 148 Å². The largest absolute Gasteiger partial charge is 0.480 e. The molecular weight excluding hydrogens is 552 g/mol. The molecule has 14 heteroatoms. The molecule has 1 rings (SSSR count). The van der Waals surface area contributed by atoms with Gasteiger partial charge in [0.2, 0.25) is 11.8 Å². The Kier molecular flexibility index (Phi) is 19.9. The van der Waals surface area contributed by atoms with Crippen LogP contribution in [0.2, 0.25) is 0 Å². The van der Waals surface area contributed by atoms with Crippen molar-refractivity contribution in [2.24, 2.45) is 11.8 Å². The first kappa shape index (κ1) is 37.7. The van der Waals surface area contributed by atoms with E-state index < -0.39 is 24.0 Å². The van der Waals surface area contributed by atoms with Gasteiger partial charge in [-0.3, -0.25) is 19.4 Å². The summed E-state index contributed by atoms with van der Waals surface area (Å²) in [6.45, 7) is 12.2. The van der Waals surface area contributed by atoms with Gasteiger partial charge in [-0.15, -0.1) is 0 Å². The highest BCUT2D eigenvalue weighted by Gasteiger charge is 2.23. The Balaban J connectivity index is 2.57. The molecule has 42 heavy (non-hydrogen) atoms. The van der Waals surface area contributed by atoms with Crippen molar-refractivity contribution in [1.82, 2.24) is 20.4 Å². The predicted molar refractivity (Wildman–Crippen MR) is 154 cm³/mol. The summed E-state index contributed by atoms with van der Waals surface area (Å²) in [5, 5.41) is 24.0. The van der Waals surface area contributed by atoms with Crippen molar-refractivity contribution in [2.45, 2.75) is 52.6 Å². The van der Waals surface area contributed by atoms with Crippen LogP contribution in [0.3, 0.4) is 0 Å². The maximum atomic E-state index is 12.6. The molecule has 1 aliphatic rings. The summed E-state index contributed by atoms with van der Waals surface area (Å²) in [4.78, 5) is 51.8. The van der Waals surface area contributed by atoms with Crippen molar-refractivity contribution in [3.8, 4) is 0 Å². The Morgan fingerprint density at radius 2 is 0.857 bits per heavy atom. The van der Waals surface area contributed by atoms with Crippen molar-refractivity contribution in [1.29, 1.82) is 0 Å². The van der Waals surface area contributed by atoms with Crippen LogP contribution in [0.5, 0.6) is 0 Å². The maximum absolute atomic E-state index is 12.6. The van der Waals surface area contributed by atoms with Crippen LogP contribution in [0.15, 0.2) is 0 Å². The van der Waals surface area contributed by atoms with Gasteiger partial charge in [-0.1, -0.05) is 27.7 Å². The number of rotatable bonds is 12. The summed E-state index contributed by atoms with van der Waals surface area (Å²) in [6.07, 6.45) is 0.698. The lowest BCUT2D eigenvalue weighted by molar-refractivity contribution is -0.142. The van der Waals surface area contributed by atoms with Crippen LogP contribution in [-0.2, 0) is 38.1 Å². The summed E-state index contributed by atoms with van der Waals surface area (Å²) < 4.78 is 22.7. The van der Waals surface area contributed by atoms with Crippen LogP contribution in [0.1, 0.15) is 40.5 Å². The van der Waals surface area contributed by atoms with E-state index >= 15 is 0 Å². The van der Waals surface area contributed by atoms with E-state index in [4.69, 9.17) is 18.9 Å². The highest BCUT2D eigenvalue weighted by atomic mass is 16.5. The molecule has 0 aromatic carbocycles. The summed E-state index contributed by atoms with van der Waals surface area (Å²) in [6, 6.07) is -1.87. The van der Waals surface area contributed by atoms with Gasteiger partial charge < -0.3 is 39.8 Å². The van der Waals surface area contributed by atoms with E-state index in [0.29, 0.717) is 91.9 Å². The number of carbonyl (C=O) groups excluding carboxylic acids is 2. The molecule has 0 spiro atoms. The molecule has 2 unspecified atom stereocenters. The number of hydrogen-bond donors (Lipinski definition) is 4. The van der Waals surface area contributed by atoms with E-state index in [2.05, 4.69) is 10.6 Å². The highest BCUT2D eigenvalue weighted by molar-refractivity contribution is 5.85. The molecule has 0 aromatic heterocycles. The molecule has 4 N–H and O–H groups in total. The second-order valence-corrected chi connectivity index (χ2v) is 11.2. The van der Waals surface area contributed by atoms with E-state index in [0.717, 1.165) is 0 Å². The SMILES string of the molecule is CC(C)CC(NC(=O)CN1CCOCCOCCN(CC(=O)NC(CC(C)C)C(=O)O)CCOCCOCC1)C(=O)O. The number of aliphatic carboxylic acids is 2. The number of nitrogens with zero attached hydrogens (tertiary/aromatic N) is 2. The zero-order valence-corrected chi connectivity index (χ0v) is 25.7. The molecule has 0 aromatic rings. The molecule has 0 radical (unpaired) electrons. The fourth-order valence-electron chi connectivity index (χ4n) is 4.23. The average molecular weight is 605 g/mol. The van der Waals surface area contributed by atoms with E-state index in [1.54, 1.807) is 0 Å². The molecular formula is C28H52N4O10. The molecule has 1 aliphatic heterocycles. The van der Waals surface area contributed by atoms with Gasteiger partial charge >= 0.3 is 11.9 Å². The van der Waals surface area contributed by atoms with Gasteiger partial charge in [-0.2, -0.15) is 0 Å². The van der Waals surface area contributed by atoms with Gasteiger partial charge in [0.05, 0.1) is 65.9 Å². The number of nitrogens with one attached hydrogen (secondary N) is 2. The Morgan fingerprint density at radius 3 is 1.10 bits per heavy atom. The zero-order valence-electron chi connectivity index (χ0n) is 25.7. The van der Waals surface area contributed by atoms with Crippen LogP contribution in [0.4, 0.5) is 0 Å². The third-order valence-corrected chi connectivity index (χ3v) is 6.37. The van der Waals surface area contributed by atoms with Crippen LogP contribution >= 0.6 is 0 Å². The van der Waals surface area contributed by atoms with Gasteiger partial charge in [-0.05, 0) is 24.7 Å². The maximum Gasteiger partial charge on any atom is 0.326 e. The first-order valence-corrected chi connectivity index (χ1v) is 14.8. The quantitative estimate of drug-likeness (QED) is 0.233. The summed E-state index contributed by atoms with van der Waals surface area (Å²) in [7, 11) is 0. The van der Waals surface area contributed by atoms with Gasteiger partial charge in [0.1, 0.15) is 12.1 Å². The second kappa shape index (κ2) is 22.2. The minimum Gasteiger partial charge on any atom is -0.480 e. The van der Waals surface area contributed by atoms with E-state index in [9.17, 15) is 29.4 Å². The second-order valence-electron chi connectivity index (χ2n) is 11.2. The number of carboxylic acid groups (broad SMARTS) is 2. The molecule has 1 saturated heterocycles. The molecule has 14 nitrogen and oxygen atoms in total. The number of ether oxygens (including phenoxy) is 4. The minimum absolute atomic E-state index is 0.0235. The third kappa shape index (κ3) is 18.9. The van der Waals surface area contributed by atoms with Crippen LogP contribution in [0.25, 0.3) is 0 Å². The predicted octanol–water partition coefficient (Wildman–Crippen LogP) is -0.0986. The summed E-state index contributed by atoms with van der Waals surface area (Å²) in [5.74, 6) is -2.58. The van der Waals surface area contributed by atoms with Crippen molar-refractivity contribution in [2.75, 3.05) is 92.1 Å². The lowest BCUT2D eigenvalue weighted by Crippen LogP contribution is -2.47. The molecule has 2 atom stereocenters. The lowest BCUT2D eigenvalue weighted by atomic mass is 10.0. The molecule has 0 saturated carbocycles. The Labute approximate surface area is 249 Å². The standard InChI is InChI=1S/C28H52N4O10/c1-21(2)17-23(27(35)36)29-25(33)19-31-5-9-39-13-15-41-11-7-32(8-12-42-16-14-40-10-6-31)20-26(34)30-24(28(37)38)18-22(3)4/h21-24H,5-20H2,1-4H3,(H,29,33)(H,30,34)(H,35,36)(H,37,38). The zero-order chi connectivity index (χ0) is 31.3. The normalized spacial score (nSPS) is 19.4. The third-order valence-electron chi connectivity index (χ3n) is 6.37. The van der Waals surface area contributed by atoms with Crippen LogP contribution < -0.4 is 10.6 Å². The average Bonchev–Trinajstić information content (AvgIpc) is 2.89. The molecule has 1 heterocycles.